The van der Waals surface area contributed by atoms with Crippen LogP contribution in [-0.4, -0.2) is 12.0 Å². The third-order valence-corrected chi connectivity index (χ3v) is 1.32. The lowest BCUT2D eigenvalue weighted by atomic mass is 10.3. The molecule has 1 aromatic heterocycles. The van der Waals surface area contributed by atoms with Crippen molar-refractivity contribution in [3.05, 3.63) is 23.8 Å². The monoisotopic (exact) mass is 140 g/mol. The molecule has 1 rings (SSSR count). The summed E-state index contributed by atoms with van der Waals surface area (Å²) >= 11 is 0. The van der Waals surface area contributed by atoms with Crippen molar-refractivity contribution in [3.8, 4) is 0 Å². The molecule has 0 aliphatic carbocycles. The maximum absolute atomic E-state index is 12.4. The van der Waals surface area contributed by atoms with Crippen LogP contribution in [0.3, 0.4) is 0 Å². The Morgan fingerprint density at radius 3 is 2.80 bits per heavy atom. The topological polar surface area (TPSA) is 24.9 Å². The van der Waals surface area contributed by atoms with Crippen LogP contribution in [-0.2, 0) is 0 Å². The van der Waals surface area contributed by atoms with Crippen molar-refractivity contribution >= 4 is 5.69 Å². The minimum atomic E-state index is -0.310. The highest BCUT2D eigenvalue weighted by Crippen LogP contribution is 2.11. The molecule has 0 bridgehead atoms. The van der Waals surface area contributed by atoms with E-state index in [4.69, 9.17) is 0 Å². The lowest BCUT2D eigenvalue weighted by Crippen LogP contribution is -1.94. The lowest BCUT2D eigenvalue weighted by Gasteiger charge is -2.01. The van der Waals surface area contributed by atoms with E-state index < -0.39 is 0 Å². The summed E-state index contributed by atoms with van der Waals surface area (Å²) in [5.74, 6) is -0.310. The van der Waals surface area contributed by atoms with Crippen LogP contribution in [0.2, 0.25) is 0 Å². The summed E-state index contributed by atoms with van der Waals surface area (Å²) in [5.41, 5.74) is 1.55. The van der Waals surface area contributed by atoms with E-state index in [2.05, 4.69) is 10.3 Å². The molecule has 0 aliphatic rings. The number of halogens is 1. The van der Waals surface area contributed by atoms with E-state index in [1.54, 1.807) is 7.05 Å². The predicted molar refractivity (Wildman–Crippen MR) is 38.5 cm³/mol. The fourth-order valence-electron chi connectivity index (χ4n) is 0.761. The van der Waals surface area contributed by atoms with Crippen LogP contribution in [0.1, 0.15) is 5.69 Å². The Labute approximate surface area is 59.1 Å². The van der Waals surface area contributed by atoms with Gasteiger partial charge in [-0.1, -0.05) is 0 Å². The Hall–Kier alpha value is -1.12. The quantitative estimate of drug-likeness (QED) is 0.640. The van der Waals surface area contributed by atoms with Crippen LogP contribution in [0.15, 0.2) is 12.3 Å². The second-order valence-corrected chi connectivity index (χ2v) is 2.04. The largest absolute Gasteiger partial charge is 0.387 e. The van der Waals surface area contributed by atoms with Crippen LogP contribution >= 0.6 is 0 Å². The van der Waals surface area contributed by atoms with Gasteiger partial charge in [0.15, 0.2) is 0 Å². The molecular formula is C7H9FN2. The highest BCUT2D eigenvalue weighted by molar-refractivity contribution is 5.46. The van der Waals surface area contributed by atoms with Gasteiger partial charge in [0.1, 0.15) is 5.82 Å². The van der Waals surface area contributed by atoms with Crippen LogP contribution < -0.4 is 5.32 Å². The standard InChI is InChI=1S/C7H9FN2/c1-5-7(9-2)3-6(8)4-10-5/h3-4,9H,1-2H3. The molecule has 0 atom stereocenters. The van der Waals surface area contributed by atoms with Gasteiger partial charge in [0.25, 0.3) is 0 Å². The van der Waals surface area contributed by atoms with E-state index in [0.29, 0.717) is 0 Å². The number of hydrogen-bond acceptors (Lipinski definition) is 2. The van der Waals surface area contributed by atoms with Crippen LogP contribution in [0.4, 0.5) is 10.1 Å². The SMILES string of the molecule is CNc1cc(F)cnc1C. The second-order valence-electron chi connectivity index (χ2n) is 2.04. The van der Waals surface area contributed by atoms with E-state index in [-0.39, 0.29) is 5.82 Å². The third kappa shape index (κ3) is 1.23. The zero-order valence-corrected chi connectivity index (χ0v) is 5.98. The Kier molecular flexibility index (Phi) is 1.85. The van der Waals surface area contributed by atoms with Gasteiger partial charge in [-0.25, -0.2) is 4.39 Å². The normalized spacial score (nSPS) is 9.50. The number of nitrogens with zero attached hydrogens (tertiary/aromatic N) is 1. The molecule has 0 aliphatic heterocycles. The molecular weight excluding hydrogens is 131 g/mol. The second kappa shape index (κ2) is 2.64. The molecule has 0 saturated carbocycles. The van der Waals surface area contributed by atoms with Crippen LogP contribution in [0.5, 0.6) is 0 Å². The number of aromatic nitrogens is 1. The van der Waals surface area contributed by atoms with Gasteiger partial charge in [-0.3, -0.25) is 4.98 Å². The smallest absolute Gasteiger partial charge is 0.143 e. The summed E-state index contributed by atoms with van der Waals surface area (Å²) in [6.45, 7) is 1.82. The molecule has 1 aromatic rings. The lowest BCUT2D eigenvalue weighted by molar-refractivity contribution is 0.621. The first kappa shape index (κ1) is 6.99. The van der Waals surface area contributed by atoms with Crippen molar-refractivity contribution in [1.29, 1.82) is 0 Å². The summed E-state index contributed by atoms with van der Waals surface area (Å²) in [4.78, 5) is 3.81. The number of nitrogens with one attached hydrogen (secondary N) is 1. The average molecular weight is 140 g/mol. The zero-order valence-electron chi connectivity index (χ0n) is 5.98. The number of pyridine rings is 1. The first-order valence-corrected chi connectivity index (χ1v) is 3.04. The van der Waals surface area contributed by atoms with Gasteiger partial charge in [0, 0.05) is 13.1 Å². The van der Waals surface area contributed by atoms with E-state index in [1.807, 2.05) is 6.92 Å². The summed E-state index contributed by atoms with van der Waals surface area (Å²) < 4.78 is 12.4. The van der Waals surface area contributed by atoms with Crippen molar-refractivity contribution in [3.63, 3.8) is 0 Å². The summed E-state index contributed by atoms with van der Waals surface area (Å²) in [5, 5.41) is 2.83. The van der Waals surface area contributed by atoms with Crippen molar-refractivity contribution in [2.45, 2.75) is 6.92 Å². The first-order chi connectivity index (χ1) is 4.74. The molecule has 10 heavy (non-hydrogen) atoms. The number of anilines is 1. The average Bonchev–Trinajstić information content (AvgIpc) is 1.94. The van der Waals surface area contributed by atoms with Crippen molar-refractivity contribution in [2.75, 3.05) is 12.4 Å². The zero-order chi connectivity index (χ0) is 7.56. The van der Waals surface area contributed by atoms with Gasteiger partial charge < -0.3 is 5.32 Å². The summed E-state index contributed by atoms with van der Waals surface area (Å²) in [6.07, 6.45) is 1.20. The Morgan fingerprint density at radius 1 is 1.60 bits per heavy atom. The maximum atomic E-state index is 12.4. The summed E-state index contributed by atoms with van der Waals surface area (Å²) in [6, 6.07) is 1.42. The Bertz CT molecular complexity index is 235. The molecule has 0 spiro atoms. The van der Waals surface area contributed by atoms with Crippen LogP contribution in [0, 0.1) is 12.7 Å². The number of rotatable bonds is 1. The molecule has 54 valence electrons. The highest BCUT2D eigenvalue weighted by atomic mass is 19.1. The first-order valence-electron chi connectivity index (χ1n) is 3.04. The van der Waals surface area contributed by atoms with E-state index in [1.165, 1.54) is 12.3 Å². The molecule has 0 unspecified atom stereocenters. The predicted octanol–water partition coefficient (Wildman–Crippen LogP) is 1.57. The number of aryl methyl sites for hydroxylation is 1. The van der Waals surface area contributed by atoms with Crippen molar-refractivity contribution in [2.24, 2.45) is 0 Å². The van der Waals surface area contributed by atoms with Crippen LogP contribution in [0.25, 0.3) is 0 Å². The molecule has 0 saturated heterocycles. The summed E-state index contributed by atoms with van der Waals surface area (Å²) in [7, 11) is 1.74. The van der Waals surface area contributed by atoms with Gasteiger partial charge in [-0.05, 0) is 6.92 Å². The third-order valence-electron chi connectivity index (χ3n) is 1.32. The fourth-order valence-corrected chi connectivity index (χ4v) is 0.761. The molecule has 0 aromatic carbocycles. The van der Waals surface area contributed by atoms with Crippen molar-refractivity contribution < 1.29 is 4.39 Å². The molecule has 0 radical (unpaired) electrons. The molecule has 1 heterocycles. The minimum Gasteiger partial charge on any atom is -0.387 e. The molecule has 0 fully saturated rings. The maximum Gasteiger partial charge on any atom is 0.143 e. The fraction of sp³-hybridized carbons (Fsp3) is 0.286. The van der Waals surface area contributed by atoms with Gasteiger partial charge >= 0.3 is 0 Å². The Balaban J connectivity index is 3.09. The van der Waals surface area contributed by atoms with Gasteiger partial charge in [-0.15, -0.1) is 0 Å². The van der Waals surface area contributed by atoms with E-state index >= 15 is 0 Å². The molecule has 3 heteroatoms. The number of hydrogen-bond donors (Lipinski definition) is 1. The van der Waals surface area contributed by atoms with Gasteiger partial charge in [0.05, 0.1) is 17.6 Å². The Morgan fingerprint density at radius 2 is 2.30 bits per heavy atom. The van der Waals surface area contributed by atoms with Gasteiger partial charge in [0.2, 0.25) is 0 Å². The highest BCUT2D eigenvalue weighted by Gasteiger charge is 1.96. The molecule has 0 amide bonds. The molecule has 2 nitrogen and oxygen atoms in total. The van der Waals surface area contributed by atoms with E-state index in [9.17, 15) is 4.39 Å². The van der Waals surface area contributed by atoms with E-state index in [0.717, 1.165) is 11.4 Å². The van der Waals surface area contributed by atoms with Gasteiger partial charge in [-0.2, -0.15) is 0 Å². The molecule has 1 N–H and O–H groups in total. The van der Waals surface area contributed by atoms with Crippen molar-refractivity contribution in [1.82, 2.24) is 4.98 Å². The minimum absolute atomic E-state index is 0.310.